The molecule has 1 aromatic carbocycles. The average Bonchev–Trinajstić information content (AvgIpc) is 2.75. The van der Waals surface area contributed by atoms with Crippen LogP contribution in [0.4, 0.5) is 4.39 Å². The quantitative estimate of drug-likeness (QED) is 0.855. The van der Waals surface area contributed by atoms with Crippen LogP contribution in [-0.2, 0) is 0 Å². The molecule has 5 heteroatoms. The standard InChI is InChI=1S/C13H17FN2O2/c1-18-12-7-8(5-6-9(12)14)13(17)16-11-4-2-3-10(11)15/h5-7,10-11H,2-4,15H2,1H3,(H,16,17). The van der Waals surface area contributed by atoms with Crippen molar-refractivity contribution in [2.45, 2.75) is 31.3 Å². The topological polar surface area (TPSA) is 64.3 Å². The Kier molecular flexibility index (Phi) is 3.81. The van der Waals surface area contributed by atoms with Crippen LogP contribution in [-0.4, -0.2) is 25.1 Å². The number of ether oxygens (including phenoxy) is 1. The molecule has 0 aromatic heterocycles. The maximum Gasteiger partial charge on any atom is 0.251 e. The minimum absolute atomic E-state index is 0.00791. The molecule has 1 aliphatic carbocycles. The van der Waals surface area contributed by atoms with Gasteiger partial charge in [-0.05, 0) is 37.5 Å². The number of benzene rings is 1. The van der Waals surface area contributed by atoms with Gasteiger partial charge >= 0.3 is 0 Å². The van der Waals surface area contributed by atoms with Crippen LogP contribution in [0.1, 0.15) is 29.6 Å². The first-order valence-electron chi connectivity index (χ1n) is 6.02. The molecule has 0 aliphatic heterocycles. The Hall–Kier alpha value is -1.62. The van der Waals surface area contributed by atoms with E-state index in [0.717, 1.165) is 19.3 Å². The van der Waals surface area contributed by atoms with Gasteiger partial charge in [-0.2, -0.15) is 0 Å². The number of hydrogen-bond acceptors (Lipinski definition) is 3. The third kappa shape index (κ3) is 2.61. The van der Waals surface area contributed by atoms with Gasteiger partial charge in [0.05, 0.1) is 7.11 Å². The molecule has 1 saturated carbocycles. The van der Waals surface area contributed by atoms with E-state index < -0.39 is 5.82 Å². The highest BCUT2D eigenvalue weighted by molar-refractivity contribution is 5.94. The summed E-state index contributed by atoms with van der Waals surface area (Å²) in [4.78, 5) is 12.0. The SMILES string of the molecule is COc1cc(C(=O)NC2CCCC2N)ccc1F. The summed E-state index contributed by atoms with van der Waals surface area (Å²) >= 11 is 0. The number of nitrogens with two attached hydrogens (primary N) is 1. The molecule has 0 radical (unpaired) electrons. The van der Waals surface area contributed by atoms with E-state index in [9.17, 15) is 9.18 Å². The fourth-order valence-corrected chi connectivity index (χ4v) is 2.22. The number of nitrogens with one attached hydrogen (secondary N) is 1. The van der Waals surface area contributed by atoms with Crippen molar-refractivity contribution in [3.05, 3.63) is 29.6 Å². The molecule has 0 spiro atoms. The highest BCUT2D eigenvalue weighted by Crippen LogP contribution is 2.20. The molecular formula is C13H17FN2O2. The Balaban J connectivity index is 2.09. The van der Waals surface area contributed by atoms with Crippen molar-refractivity contribution in [1.29, 1.82) is 0 Å². The van der Waals surface area contributed by atoms with E-state index in [1.54, 1.807) is 0 Å². The second-order valence-electron chi connectivity index (χ2n) is 4.52. The largest absolute Gasteiger partial charge is 0.494 e. The Labute approximate surface area is 105 Å². The third-order valence-electron chi connectivity index (χ3n) is 3.30. The van der Waals surface area contributed by atoms with Gasteiger partial charge < -0.3 is 15.8 Å². The lowest BCUT2D eigenvalue weighted by atomic mass is 10.1. The van der Waals surface area contributed by atoms with E-state index in [0.29, 0.717) is 5.56 Å². The number of carbonyl (C=O) groups excluding carboxylic acids is 1. The van der Waals surface area contributed by atoms with Gasteiger partial charge in [-0.3, -0.25) is 4.79 Å². The molecule has 98 valence electrons. The summed E-state index contributed by atoms with van der Waals surface area (Å²) in [5, 5.41) is 2.87. The van der Waals surface area contributed by atoms with Gasteiger partial charge in [-0.25, -0.2) is 4.39 Å². The number of carbonyl (C=O) groups is 1. The van der Waals surface area contributed by atoms with Crippen molar-refractivity contribution in [2.75, 3.05) is 7.11 Å². The van der Waals surface area contributed by atoms with E-state index in [2.05, 4.69) is 5.32 Å². The van der Waals surface area contributed by atoms with Crippen LogP contribution >= 0.6 is 0 Å². The molecule has 1 aromatic rings. The summed E-state index contributed by atoms with van der Waals surface area (Å²) in [7, 11) is 1.37. The maximum atomic E-state index is 13.2. The first kappa shape index (κ1) is 12.8. The second-order valence-corrected chi connectivity index (χ2v) is 4.52. The van der Waals surface area contributed by atoms with Gasteiger partial charge in [0.15, 0.2) is 11.6 Å². The minimum Gasteiger partial charge on any atom is -0.494 e. The van der Waals surface area contributed by atoms with Gasteiger partial charge in [-0.15, -0.1) is 0 Å². The smallest absolute Gasteiger partial charge is 0.251 e. The second kappa shape index (κ2) is 5.35. The predicted octanol–water partition coefficient (Wildman–Crippen LogP) is 1.44. The van der Waals surface area contributed by atoms with Crippen molar-refractivity contribution in [2.24, 2.45) is 5.73 Å². The van der Waals surface area contributed by atoms with Crippen LogP contribution in [0.3, 0.4) is 0 Å². The fraction of sp³-hybridized carbons (Fsp3) is 0.462. The molecule has 0 bridgehead atoms. The summed E-state index contributed by atoms with van der Waals surface area (Å²) in [6, 6.07) is 4.08. The van der Waals surface area contributed by atoms with Crippen LogP contribution in [0, 0.1) is 5.82 Å². The molecule has 1 fully saturated rings. The molecule has 2 atom stereocenters. The molecule has 0 saturated heterocycles. The lowest BCUT2D eigenvalue weighted by Gasteiger charge is -2.17. The zero-order valence-electron chi connectivity index (χ0n) is 10.3. The summed E-state index contributed by atoms with van der Waals surface area (Å²) in [5.74, 6) is -0.652. The molecule has 2 rings (SSSR count). The lowest BCUT2D eigenvalue weighted by Crippen LogP contribution is -2.43. The van der Waals surface area contributed by atoms with Crippen molar-refractivity contribution in [3.63, 3.8) is 0 Å². The monoisotopic (exact) mass is 252 g/mol. The van der Waals surface area contributed by atoms with E-state index in [1.807, 2.05) is 0 Å². The molecule has 1 aliphatic rings. The Morgan fingerprint density at radius 2 is 2.28 bits per heavy atom. The molecular weight excluding hydrogens is 235 g/mol. The summed E-state index contributed by atoms with van der Waals surface area (Å²) in [6.07, 6.45) is 2.85. The predicted molar refractivity (Wildman–Crippen MR) is 66.0 cm³/mol. The van der Waals surface area contributed by atoms with Gasteiger partial charge in [0, 0.05) is 17.6 Å². The van der Waals surface area contributed by atoms with E-state index in [-0.39, 0.29) is 23.7 Å². The Bertz CT molecular complexity index is 451. The fourth-order valence-electron chi connectivity index (χ4n) is 2.22. The summed E-state index contributed by atoms with van der Waals surface area (Å²) in [6.45, 7) is 0. The van der Waals surface area contributed by atoms with Crippen LogP contribution in [0.15, 0.2) is 18.2 Å². The van der Waals surface area contributed by atoms with Crippen LogP contribution in [0.5, 0.6) is 5.75 Å². The summed E-state index contributed by atoms with van der Waals surface area (Å²) in [5.41, 5.74) is 6.27. The average molecular weight is 252 g/mol. The maximum absolute atomic E-state index is 13.2. The molecule has 2 unspecified atom stereocenters. The zero-order valence-corrected chi connectivity index (χ0v) is 10.3. The highest BCUT2D eigenvalue weighted by Gasteiger charge is 2.25. The molecule has 18 heavy (non-hydrogen) atoms. The number of methoxy groups -OCH3 is 1. The van der Waals surface area contributed by atoms with Gasteiger partial charge in [0.25, 0.3) is 5.91 Å². The van der Waals surface area contributed by atoms with E-state index in [1.165, 1.54) is 25.3 Å². The van der Waals surface area contributed by atoms with Gasteiger partial charge in [0.2, 0.25) is 0 Å². The summed E-state index contributed by atoms with van der Waals surface area (Å²) < 4.78 is 18.1. The first-order valence-corrected chi connectivity index (χ1v) is 6.02. The number of amides is 1. The van der Waals surface area contributed by atoms with Crippen molar-refractivity contribution in [1.82, 2.24) is 5.32 Å². The lowest BCUT2D eigenvalue weighted by molar-refractivity contribution is 0.0934. The van der Waals surface area contributed by atoms with Gasteiger partial charge in [-0.1, -0.05) is 0 Å². The molecule has 0 heterocycles. The molecule has 1 amide bonds. The van der Waals surface area contributed by atoms with Crippen molar-refractivity contribution >= 4 is 5.91 Å². The minimum atomic E-state index is -0.480. The van der Waals surface area contributed by atoms with Gasteiger partial charge in [0.1, 0.15) is 0 Å². The Morgan fingerprint density at radius 1 is 1.50 bits per heavy atom. The number of hydrogen-bond donors (Lipinski definition) is 2. The number of rotatable bonds is 3. The zero-order chi connectivity index (χ0) is 13.1. The van der Waals surface area contributed by atoms with Crippen LogP contribution in [0.2, 0.25) is 0 Å². The Morgan fingerprint density at radius 3 is 2.89 bits per heavy atom. The molecule has 3 N–H and O–H groups in total. The van der Waals surface area contributed by atoms with E-state index in [4.69, 9.17) is 10.5 Å². The third-order valence-corrected chi connectivity index (χ3v) is 3.30. The van der Waals surface area contributed by atoms with Crippen LogP contribution in [0.25, 0.3) is 0 Å². The highest BCUT2D eigenvalue weighted by atomic mass is 19.1. The molecule has 4 nitrogen and oxygen atoms in total. The van der Waals surface area contributed by atoms with E-state index >= 15 is 0 Å². The van der Waals surface area contributed by atoms with Crippen molar-refractivity contribution < 1.29 is 13.9 Å². The number of halogens is 1. The van der Waals surface area contributed by atoms with Crippen LogP contribution < -0.4 is 15.8 Å². The first-order chi connectivity index (χ1) is 8.61. The normalized spacial score (nSPS) is 22.8. The van der Waals surface area contributed by atoms with Crippen molar-refractivity contribution in [3.8, 4) is 5.75 Å².